The van der Waals surface area contributed by atoms with Crippen LogP contribution in [0.1, 0.15) is 30.5 Å². The molecule has 0 radical (unpaired) electrons. The molecule has 0 aliphatic heterocycles. The van der Waals surface area contributed by atoms with E-state index in [-0.39, 0.29) is 5.91 Å². The quantitative estimate of drug-likeness (QED) is 0.761. The van der Waals surface area contributed by atoms with Crippen molar-refractivity contribution in [3.8, 4) is 5.75 Å². The Bertz CT molecular complexity index is 681. The second-order valence-corrected chi connectivity index (χ2v) is 6.04. The van der Waals surface area contributed by atoms with Gasteiger partial charge >= 0.3 is 0 Å². The van der Waals surface area contributed by atoms with Gasteiger partial charge in [0.15, 0.2) is 0 Å². The highest BCUT2D eigenvalue weighted by molar-refractivity contribution is 5.78. The zero-order chi connectivity index (χ0) is 18.1. The van der Waals surface area contributed by atoms with Crippen LogP contribution in [0.15, 0.2) is 48.5 Å². The number of hydrogen-bond acceptors (Lipinski definition) is 3. The largest absolute Gasteiger partial charge is 0.497 e. The molecule has 0 fully saturated rings. The third-order valence-electron chi connectivity index (χ3n) is 4.38. The molecule has 25 heavy (non-hydrogen) atoms. The summed E-state index contributed by atoms with van der Waals surface area (Å²) >= 11 is 0. The second-order valence-electron chi connectivity index (χ2n) is 6.04. The number of nitrogens with zero attached hydrogens (tertiary/aromatic N) is 1. The van der Waals surface area contributed by atoms with Crippen LogP contribution >= 0.6 is 0 Å². The molecule has 134 valence electrons. The Morgan fingerprint density at radius 1 is 1.04 bits per heavy atom. The van der Waals surface area contributed by atoms with Crippen molar-refractivity contribution in [3.63, 3.8) is 0 Å². The number of ether oxygens (including phenoxy) is 1. The first-order chi connectivity index (χ1) is 12.2. The number of amides is 1. The Morgan fingerprint density at radius 2 is 1.76 bits per heavy atom. The summed E-state index contributed by atoms with van der Waals surface area (Å²) in [6.45, 7) is 7.85. The van der Waals surface area contributed by atoms with E-state index in [1.807, 2.05) is 30.3 Å². The van der Waals surface area contributed by atoms with E-state index >= 15 is 0 Å². The Hall–Kier alpha value is -2.33. The van der Waals surface area contributed by atoms with E-state index in [9.17, 15) is 4.79 Å². The Kier molecular flexibility index (Phi) is 7.48. The minimum Gasteiger partial charge on any atom is -0.497 e. The summed E-state index contributed by atoms with van der Waals surface area (Å²) in [5.41, 5.74) is 3.40. The summed E-state index contributed by atoms with van der Waals surface area (Å²) in [6.07, 6.45) is 0.357. The van der Waals surface area contributed by atoms with Gasteiger partial charge in [-0.3, -0.25) is 9.69 Å². The van der Waals surface area contributed by atoms with E-state index in [2.05, 4.69) is 42.3 Å². The van der Waals surface area contributed by atoms with Crippen LogP contribution in [0.2, 0.25) is 0 Å². The van der Waals surface area contributed by atoms with E-state index in [1.165, 1.54) is 11.1 Å². The van der Waals surface area contributed by atoms with Crippen LogP contribution in [0.3, 0.4) is 0 Å². The lowest BCUT2D eigenvalue weighted by Gasteiger charge is -2.20. The fourth-order valence-electron chi connectivity index (χ4n) is 2.80. The van der Waals surface area contributed by atoms with Crippen molar-refractivity contribution in [1.82, 2.24) is 10.2 Å². The summed E-state index contributed by atoms with van der Waals surface area (Å²) in [7, 11) is 1.63. The molecule has 2 aromatic carbocycles. The van der Waals surface area contributed by atoms with Gasteiger partial charge in [-0.15, -0.1) is 0 Å². The lowest BCUT2D eigenvalue weighted by atomic mass is 10.1. The van der Waals surface area contributed by atoms with E-state index < -0.39 is 0 Å². The molecule has 0 saturated carbocycles. The first-order valence-corrected chi connectivity index (χ1v) is 8.85. The van der Waals surface area contributed by atoms with E-state index in [0.29, 0.717) is 13.0 Å². The van der Waals surface area contributed by atoms with Gasteiger partial charge in [0.2, 0.25) is 5.91 Å². The average Bonchev–Trinajstić information content (AvgIpc) is 2.65. The van der Waals surface area contributed by atoms with Gasteiger partial charge in [-0.2, -0.15) is 0 Å². The van der Waals surface area contributed by atoms with E-state index in [1.54, 1.807) is 7.11 Å². The van der Waals surface area contributed by atoms with Crippen molar-refractivity contribution in [1.29, 1.82) is 0 Å². The van der Waals surface area contributed by atoms with Crippen LogP contribution in [0, 0.1) is 0 Å². The second kappa shape index (κ2) is 9.84. The van der Waals surface area contributed by atoms with Crippen molar-refractivity contribution < 1.29 is 9.53 Å². The zero-order valence-electron chi connectivity index (χ0n) is 15.4. The minimum absolute atomic E-state index is 0.0193. The third-order valence-corrected chi connectivity index (χ3v) is 4.38. The third kappa shape index (κ3) is 5.91. The average molecular weight is 340 g/mol. The van der Waals surface area contributed by atoms with Crippen LogP contribution in [0.5, 0.6) is 5.75 Å². The normalized spacial score (nSPS) is 10.7. The van der Waals surface area contributed by atoms with Crippen LogP contribution < -0.4 is 10.1 Å². The highest BCUT2D eigenvalue weighted by Gasteiger charge is 2.08. The molecule has 4 nitrogen and oxygen atoms in total. The van der Waals surface area contributed by atoms with Crippen LogP contribution in [-0.4, -0.2) is 31.0 Å². The molecule has 0 saturated heterocycles. The number of nitrogens with one attached hydrogen (secondary N) is 1. The van der Waals surface area contributed by atoms with Crippen molar-refractivity contribution in [3.05, 3.63) is 65.2 Å². The van der Waals surface area contributed by atoms with Gasteiger partial charge in [0.1, 0.15) is 5.75 Å². The molecule has 1 N–H and O–H groups in total. The highest BCUT2D eigenvalue weighted by Crippen LogP contribution is 2.14. The lowest BCUT2D eigenvalue weighted by Crippen LogP contribution is -2.27. The van der Waals surface area contributed by atoms with Crippen molar-refractivity contribution in [2.45, 2.75) is 33.4 Å². The van der Waals surface area contributed by atoms with Gasteiger partial charge in [0, 0.05) is 13.1 Å². The molecule has 0 unspecified atom stereocenters. The number of carbonyl (C=O) groups is 1. The van der Waals surface area contributed by atoms with Crippen LogP contribution in [0.25, 0.3) is 0 Å². The molecule has 0 spiro atoms. The highest BCUT2D eigenvalue weighted by atomic mass is 16.5. The Morgan fingerprint density at radius 3 is 2.44 bits per heavy atom. The summed E-state index contributed by atoms with van der Waals surface area (Å²) in [5.74, 6) is 0.792. The molecule has 0 aliphatic rings. The topological polar surface area (TPSA) is 41.6 Å². The van der Waals surface area contributed by atoms with Gasteiger partial charge in [0.05, 0.1) is 13.5 Å². The predicted octanol–water partition coefficient (Wildman–Crippen LogP) is 3.40. The molecule has 0 heterocycles. The monoisotopic (exact) mass is 340 g/mol. The van der Waals surface area contributed by atoms with Crippen molar-refractivity contribution in [2.75, 3.05) is 20.2 Å². The molecule has 0 bridgehead atoms. The molecule has 2 aromatic rings. The summed E-state index contributed by atoms with van der Waals surface area (Å²) in [6, 6.07) is 15.9. The van der Waals surface area contributed by atoms with Gasteiger partial charge in [-0.1, -0.05) is 50.2 Å². The first-order valence-electron chi connectivity index (χ1n) is 8.85. The van der Waals surface area contributed by atoms with Crippen LogP contribution in [0.4, 0.5) is 0 Å². The fraction of sp³-hybridized carbons (Fsp3) is 0.381. The lowest BCUT2D eigenvalue weighted by molar-refractivity contribution is -0.120. The molecule has 2 rings (SSSR count). The standard InChI is InChI=1S/C21H28N2O2/c1-4-23(5-2)16-19-11-7-6-10-18(19)15-22-21(24)14-17-9-8-12-20(13-17)25-3/h6-13H,4-5,14-16H2,1-3H3,(H,22,24). The molecule has 4 heteroatoms. The molecular weight excluding hydrogens is 312 g/mol. The SMILES string of the molecule is CCN(CC)Cc1ccccc1CNC(=O)Cc1cccc(OC)c1. The molecular formula is C21H28N2O2. The van der Waals surface area contributed by atoms with E-state index in [0.717, 1.165) is 30.9 Å². The maximum Gasteiger partial charge on any atom is 0.224 e. The minimum atomic E-state index is 0.0193. The zero-order valence-corrected chi connectivity index (χ0v) is 15.4. The number of methoxy groups -OCH3 is 1. The maximum atomic E-state index is 12.3. The molecule has 0 aromatic heterocycles. The first kappa shape index (κ1) is 19.0. The molecule has 0 atom stereocenters. The maximum absolute atomic E-state index is 12.3. The molecule has 1 amide bonds. The number of carbonyl (C=O) groups excluding carboxylic acids is 1. The smallest absolute Gasteiger partial charge is 0.224 e. The molecule has 0 aliphatic carbocycles. The number of benzene rings is 2. The fourth-order valence-corrected chi connectivity index (χ4v) is 2.80. The summed E-state index contributed by atoms with van der Waals surface area (Å²) in [5, 5.41) is 3.04. The van der Waals surface area contributed by atoms with Crippen molar-refractivity contribution in [2.24, 2.45) is 0 Å². The number of rotatable bonds is 9. The van der Waals surface area contributed by atoms with Gasteiger partial charge in [-0.25, -0.2) is 0 Å². The Labute approximate surface area is 150 Å². The van der Waals surface area contributed by atoms with E-state index in [4.69, 9.17) is 4.74 Å². The van der Waals surface area contributed by atoms with Gasteiger partial charge < -0.3 is 10.1 Å². The van der Waals surface area contributed by atoms with Crippen LogP contribution in [-0.2, 0) is 24.3 Å². The Balaban J connectivity index is 1.95. The summed E-state index contributed by atoms with van der Waals surface area (Å²) in [4.78, 5) is 14.6. The predicted molar refractivity (Wildman–Crippen MR) is 102 cm³/mol. The van der Waals surface area contributed by atoms with Gasteiger partial charge in [0.25, 0.3) is 0 Å². The van der Waals surface area contributed by atoms with Crippen molar-refractivity contribution >= 4 is 5.91 Å². The summed E-state index contributed by atoms with van der Waals surface area (Å²) < 4.78 is 5.20. The van der Waals surface area contributed by atoms with Gasteiger partial charge in [-0.05, 0) is 41.9 Å². The number of hydrogen-bond donors (Lipinski definition) is 1.